The van der Waals surface area contributed by atoms with Crippen LogP contribution in [0.25, 0.3) is 0 Å². The van der Waals surface area contributed by atoms with Crippen molar-refractivity contribution < 1.29 is 13.2 Å². The Morgan fingerprint density at radius 2 is 2.19 bits per heavy atom. The van der Waals surface area contributed by atoms with E-state index in [4.69, 9.17) is 22.7 Å². The molecule has 2 aromatic rings. The van der Waals surface area contributed by atoms with Crippen LogP contribution in [0.5, 0.6) is 5.75 Å². The summed E-state index contributed by atoms with van der Waals surface area (Å²) < 4.78 is 33.1. The molecule has 9 heteroatoms. The van der Waals surface area contributed by atoms with Crippen molar-refractivity contribution in [3.05, 3.63) is 40.2 Å². The fourth-order valence-electron chi connectivity index (χ4n) is 1.48. The molecule has 0 saturated carbocycles. The molecular formula is C12H11BrN2O3S3. The molecule has 0 aliphatic carbocycles. The highest BCUT2D eigenvalue weighted by molar-refractivity contribution is 9.10. The first-order valence-electron chi connectivity index (χ1n) is 5.65. The van der Waals surface area contributed by atoms with Crippen LogP contribution in [0.3, 0.4) is 0 Å². The standard InChI is InChI=1S/C12H11BrN2O3S3/c13-10-4-5-20-12(10)21(16,17)15-8-2-1-3-9(6-8)18-7-11(14)19/h1-6,15H,7H2,(H2,14,19). The van der Waals surface area contributed by atoms with Crippen molar-refractivity contribution in [2.24, 2.45) is 5.73 Å². The Morgan fingerprint density at radius 3 is 2.81 bits per heavy atom. The van der Waals surface area contributed by atoms with Crippen LogP contribution >= 0.6 is 39.5 Å². The molecule has 0 fully saturated rings. The van der Waals surface area contributed by atoms with Crippen molar-refractivity contribution in [2.75, 3.05) is 11.3 Å². The van der Waals surface area contributed by atoms with Crippen LogP contribution in [-0.4, -0.2) is 20.0 Å². The molecule has 0 aliphatic heterocycles. The zero-order valence-corrected chi connectivity index (χ0v) is 14.6. The van der Waals surface area contributed by atoms with Gasteiger partial charge in [0.15, 0.2) is 4.21 Å². The van der Waals surface area contributed by atoms with Crippen LogP contribution in [0.1, 0.15) is 0 Å². The van der Waals surface area contributed by atoms with E-state index < -0.39 is 10.0 Å². The van der Waals surface area contributed by atoms with Crippen molar-refractivity contribution >= 4 is 60.2 Å². The van der Waals surface area contributed by atoms with Crippen LogP contribution in [0, 0.1) is 0 Å². The Labute approximate surface area is 140 Å². The van der Waals surface area contributed by atoms with E-state index >= 15 is 0 Å². The smallest absolute Gasteiger partial charge is 0.272 e. The topological polar surface area (TPSA) is 81.4 Å². The molecule has 1 aromatic carbocycles. The predicted octanol–water partition coefficient (Wildman–Crippen LogP) is 2.98. The summed E-state index contributed by atoms with van der Waals surface area (Å²) in [6, 6.07) is 8.25. The molecule has 0 radical (unpaired) electrons. The first-order chi connectivity index (χ1) is 9.88. The Morgan fingerprint density at radius 1 is 1.43 bits per heavy atom. The van der Waals surface area contributed by atoms with Gasteiger partial charge in [0.2, 0.25) is 0 Å². The summed E-state index contributed by atoms with van der Waals surface area (Å²) in [5.41, 5.74) is 5.75. The second kappa shape index (κ2) is 6.73. The Balaban J connectivity index is 2.18. The fourth-order valence-corrected chi connectivity index (χ4v) is 4.92. The number of thiophene rings is 1. The summed E-state index contributed by atoms with van der Waals surface area (Å²) >= 11 is 9.06. The highest BCUT2D eigenvalue weighted by Gasteiger charge is 2.19. The molecule has 1 heterocycles. The van der Waals surface area contributed by atoms with Gasteiger partial charge in [0, 0.05) is 10.5 Å². The monoisotopic (exact) mass is 406 g/mol. The van der Waals surface area contributed by atoms with Gasteiger partial charge in [-0.1, -0.05) is 18.3 Å². The zero-order chi connectivity index (χ0) is 15.5. The van der Waals surface area contributed by atoms with Gasteiger partial charge in [-0.2, -0.15) is 0 Å². The lowest BCUT2D eigenvalue weighted by Crippen LogP contribution is -2.18. The van der Waals surface area contributed by atoms with Gasteiger partial charge in [-0.25, -0.2) is 8.42 Å². The van der Waals surface area contributed by atoms with Crippen LogP contribution in [0.2, 0.25) is 0 Å². The van der Waals surface area contributed by atoms with Crippen molar-refractivity contribution in [1.82, 2.24) is 0 Å². The maximum Gasteiger partial charge on any atom is 0.272 e. The summed E-state index contributed by atoms with van der Waals surface area (Å²) in [5.74, 6) is 0.480. The molecule has 0 spiro atoms. The molecule has 0 amide bonds. The molecule has 0 bridgehead atoms. The number of hydrogen-bond acceptors (Lipinski definition) is 5. The molecule has 0 aliphatic rings. The number of anilines is 1. The van der Waals surface area contributed by atoms with Crippen LogP contribution < -0.4 is 15.2 Å². The minimum absolute atomic E-state index is 0.0992. The second-order valence-electron chi connectivity index (χ2n) is 3.94. The summed E-state index contributed by atoms with van der Waals surface area (Å²) in [6.07, 6.45) is 0. The van der Waals surface area contributed by atoms with Gasteiger partial charge in [0.05, 0.1) is 5.69 Å². The molecule has 112 valence electrons. The van der Waals surface area contributed by atoms with E-state index in [1.807, 2.05) is 0 Å². The minimum atomic E-state index is -3.63. The van der Waals surface area contributed by atoms with Crippen LogP contribution in [0.4, 0.5) is 5.69 Å². The van der Waals surface area contributed by atoms with Crippen molar-refractivity contribution in [1.29, 1.82) is 0 Å². The lowest BCUT2D eigenvalue weighted by atomic mass is 10.3. The normalized spacial score (nSPS) is 11.1. The number of benzene rings is 1. The molecule has 2 rings (SSSR count). The SMILES string of the molecule is NC(=S)COc1cccc(NS(=O)(=O)c2sccc2Br)c1. The van der Waals surface area contributed by atoms with Crippen molar-refractivity contribution in [3.8, 4) is 5.75 Å². The molecule has 5 nitrogen and oxygen atoms in total. The molecule has 0 unspecified atom stereocenters. The van der Waals surface area contributed by atoms with E-state index in [0.29, 0.717) is 15.9 Å². The van der Waals surface area contributed by atoms with Gasteiger partial charge in [0.25, 0.3) is 10.0 Å². The summed E-state index contributed by atoms with van der Waals surface area (Å²) in [6.45, 7) is 0.0992. The average Bonchev–Trinajstić information content (AvgIpc) is 2.83. The third-order valence-corrected chi connectivity index (χ3v) is 6.47. The number of sulfonamides is 1. The van der Waals surface area contributed by atoms with Gasteiger partial charge in [0.1, 0.15) is 17.3 Å². The van der Waals surface area contributed by atoms with Crippen LogP contribution in [0.15, 0.2) is 44.4 Å². The maximum atomic E-state index is 12.2. The van der Waals surface area contributed by atoms with Gasteiger partial charge in [-0.3, -0.25) is 4.72 Å². The summed E-state index contributed by atoms with van der Waals surface area (Å²) in [7, 11) is -3.63. The number of nitrogens with one attached hydrogen (secondary N) is 1. The first kappa shape index (κ1) is 16.2. The molecular weight excluding hydrogens is 396 g/mol. The van der Waals surface area contributed by atoms with Crippen LogP contribution in [-0.2, 0) is 10.0 Å². The molecule has 1 aromatic heterocycles. The van der Waals surface area contributed by atoms with E-state index in [2.05, 4.69) is 20.7 Å². The number of ether oxygens (including phenoxy) is 1. The van der Waals surface area contributed by atoms with Crippen molar-refractivity contribution in [2.45, 2.75) is 4.21 Å². The zero-order valence-electron chi connectivity index (χ0n) is 10.6. The third-order valence-electron chi connectivity index (χ3n) is 2.30. The summed E-state index contributed by atoms with van der Waals surface area (Å²) in [5, 5.41) is 1.69. The molecule has 0 saturated heterocycles. The predicted molar refractivity (Wildman–Crippen MR) is 91.5 cm³/mol. The van der Waals surface area contributed by atoms with Gasteiger partial charge in [-0.05, 0) is 39.5 Å². The Hall–Kier alpha value is -1.16. The lowest BCUT2D eigenvalue weighted by Gasteiger charge is -2.09. The molecule has 3 N–H and O–H groups in total. The Bertz CT molecular complexity index is 759. The average molecular weight is 407 g/mol. The lowest BCUT2D eigenvalue weighted by molar-refractivity contribution is 0.378. The number of rotatable bonds is 6. The highest BCUT2D eigenvalue weighted by Crippen LogP contribution is 2.29. The van der Waals surface area contributed by atoms with Gasteiger partial charge in [-0.15, -0.1) is 11.3 Å². The minimum Gasteiger partial charge on any atom is -0.486 e. The largest absolute Gasteiger partial charge is 0.486 e. The maximum absolute atomic E-state index is 12.2. The number of halogens is 1. The second-order valence-corrected chi connectivity index (χ2v) is 8.12. The number of thiocarbonyl (C=S) groups is 1. The fraction of sp³-hybridized carbons (Fsp3) is 0.0833. The third kappa shape index (κ3) is 4.40. The quantitative estimate of drug-likeness (QED) is 0.720. The highest BCUT2D eigenvalue weighted by atomic mass is 79.9. The van der Waals surface area contributed by atoms with E-state index in [1.54, 1.807) is 35.7 Å². The van der Waals surface area contributed by atoms with E-state index in [9.17, 15) is 8.42 Å². The van der Waals surface area contributed by atoms with Gasteiger partial charge < -0.3 is 10.5 Å². The van der Waals surface area contributed by atoms with E-state index in [-0.39, 0.29) is 15.8 Å². The van der Waals surface area contributed by atoms with Crippen molar-refractivity contribution in [3.63, 3.8) is 0 Å². The molecule has 21 heavy (non-hydrogen) atoms. The molecule has 0 atom stereocenters. The van der Waals surface area contributed by atoms with Gasteiger partial charge >= 0.3 is 0 Å². The van der Waals surface area contributed by atoms with E-state index in [1.165, 1.54) is 0 Å². The van der Waals surface area contributed by atoms with E-state index in [0.717, 1.165) is 11.3 Å². The summed E-state index contributed by atoms with van der Waals surface area (Å²) in [4.78, 5) is 0.225. The number of nitrogens with two attached hydrogens (primary N) is 1. The first-order valence-corrected chi connectivity index (χ1v) is 9.22. The number of hydrogen-bond donors (Lipinski definition) is 2. The Kier molecular flexibility index (Phi) is 5.20.